The summed E-state index contributed by atoms with van der Waals surface area (Å²) in [5, 5.41) is 5.40. The van der Waals surface area contributed by atoms with Crippen LogP contribution in [0.2, 0.25) is 0 Å². The second kappa shape index (κ2) is 12.1. The maximum Gasteiger partial charge on any atom is 0.416 e. The third kappa shape index (κ3) is 6.35. The first-order chi connectivity index (χ1) is 20.9. The molecule has 4 N–H and O–H groups in total. The van der Waals surface area contributed by atoms with E-state index in [-0.39, 0.29) is 17.4 Å². The van der Waals surface area contributed by atoms with Crippen LogP contribution in [0, 0.1) is 13.8 Å². The van der Waals surface area contributed by atoms with E-state index in [1.807, 2.05) is 0 Å². The highest BCUT2D eigenvalue weighted by molar-refractivity contribution is 6.35. The highest BCUT2D eigenvalue weighted by atomic mass is 19.4. The van der Waals surface area contributed by atoms with Crippen LogP contribution in [-0.2, 0) is 15.8 Å². The van der Waals surface area contributed by atoms with Crippen LogP contribution in [0.3, 0.4) is 0 Å². The molecule has 12 heteroatoms. The van der Waals surface area contributed by atoms with Crippen molar-refractivity contribution in [3.8, 4) is 11.5 Å². The Balaban J connectivity index is 1.32. The maximum absolute atomic E-state index is 13.0. The fourth-order valence-electron chi connectivity index (χ4n) is 4.79. The molecule has 3 amide bonds. The fourth-order valence-corrected chi connectivity index (χ4v) is 4.79. The molecule has 44 heavy (non-hydrogen) atoms. The summed E-state index contributed by atoms with van der Waals surface area (Å²) in [6, 6.07) is 15.6. The number of rotatable bonds is 8. The summed E-state index contributed by atoms with van der Waals surface area (Å²) in [5.74, 6) is -0.679. The summed E-state index contributed by atoms with van der Waals surface area (Å²) in [6.45, 7) is 5.61. The monoisotopic (exact) mass is 604 g/mol. The van der Waals surface area contributed by atoms with Crippen molar-refractivity contribution in [3.63, 3.8) is 0 Å². The lowest BCUT2D eigenvalue weighted by atomic mass is 10.0. The predicted octanol–water partition coefficient (Wildman–Crippen LogP) is 6.87. The number of aryl methyl sites for hydroxylation is 1. The van der Waals surface area contributed by atoms with E-state index in [9.17, 15) is 27.6 Å². The van der Waals surface area contributed by atoms with E-state index in [4.69, 9.17) is 9.57 Å². The molecule has 5 rings (SSSR count). The van der Waals surface area contributed by atoms with Gasteiger partial charge in [-0.3, -0.25) is 19.2 Å². The van der Waals surface area contributed by atoms with E-state index >= 15 is 0 Å². The molecule has 0 atom stereocenters. The van der Waals surface area contributed by atoms with Gasteiger partial charge in [0.2, 0.25) is 0 Å². The molecular weight excluding hydrogens is 577 g/mol. The van der Waals surface area contributed by atoms with Crippen LogP contribution in [0.4, 0.5) is 24.5 Å². The third-order valence-corrected chi connectivity index (χ3v) is 6.85. The Morgan fingerprint density at radius 2 is 1.70 bits per heavy atom. The predicted molar refractivity (Wildman–Crippen MR) is 158 cm³/mol. The Morgan fingerprint density at radius 1 is 0.955 bits per heavy atom. The number of hydrogen-bond donors (Lipinski definition) is 4. The number of amides is 3. The summed E-state index contributed by atoms with van der Waals surface area (Å²) in [4.78, 5) is 46.2. The van der Waals surface area contributed by atoms with Crippen molar-refractivity contribution >= 4 is 40.7 Å². The zero-order valence-corrected chi connectivity index (χ0v) is 23.8. The molecule has 0 spiro atoms. The molecule has 9 nitrogen and oxygen atoms in total. The van der Waals surface area contributed by atoms with Crippen molar-refractivity contribution in [1.82, 2.24) is 10.5 Å². The van der Waals surface area contributed by atoms with Crippen LogP contribution >= 0.6 is 0 Å². The molecule has 2 heterocycles. The van der Waals surface area contributed by atoms with Gasteiger partial charge in [0, 0.05) is 40.3 Å². The van der Waals surface area contributed by atoms with E-state index < -0.39 is 17.6 Å². The van der Waals surface area contributed by atoms with Gasteiger partial charge in [-0.15, -0.1) is 0 Å². The summed E-state index contributed by atoms with van der Waals surface area (Å²) < 4.78 is 45.1. The number of ether oxygens (including phenoxy) is 1. The fraction of sp³-hybridized carbons (Fsp3) is 0.156. The number of halogens is 3. The molecule has 0 aliphatic carbocycles. The van der Waals surface area contributed by atoms with E-state index in [0.29, 0.717) is 63.1 Å². The van der Waals surface area contributed by atoms with E-state index in [1.54, 1.807) is 63.2 Å². The van der Waals surface area contributed by atoms with Gasteiger partial charge in [0.15, 0.2) is 0 Å². The van der Waals surface area contributed by atoms with Crippen LogP contribution in [0.5, 0.6) is 11.5 Å². The number of carbonyl (C=O) groups excluding carboxylic acids is 3. The number of nitrogens with one attached hydrogen (secondary N) is 4. The van der Waals surface area contributed by atoms with Gasteiger partial charge >= 0.3 is 6.18 Å². The van der Waals surface area contributed by atoms with Crippen molar-refractivity contribution in [2.24, 2.45) is 0 Å². The molecule has 1 aliphatic heterocycles. The molecule has 1 aliphatic rings. The lowest BCUT2D eigenvalue weighted by Crippen LogP contribution is -2.24. The van der Waals surface area contributed by atoms with Gasteiger partial charge in [0.25, 0.3) is 17.7 Å². The number of benzene rings is 3. The number of carbonyl (C=O) groups is 3. The van der Waals surface area contributed by atoms with Crippen LogP contribution in [-0.4, -0.2) is 29.3 Å². The highest BCUT2D eigenvalue weighted by Gasteiger charge is 2.31. The average Bonchev–Trinajstić information content (AvgIpc) is 3.44. The zero-order valence-electron chi connectivity index (χ0n) is 23.8. The second-order valence-electron chi connectivity index (χ2n) is 9.91. The van der Waals surface area contributed by atoms with Crippen LogP contribution in [0.15, 0.2) is 66.7 Å². The minimum Gasteiger partial charge on any atom is -0.457 e. The van der Waals surface area contributed by atoms with Crippen molar-refractivity contribution in [2.45, 2.75) is 26.9 Å². The Labute approximate surface area is 250 Å². The first-order valence-corrected chi connectivity index (χ1v) is 13.5. The van der Waals surface area contributed by atoms with Crippen LogP contribution in [0.25, 0.3) is 11.6 Å². The number of H-pyrrole nitrogens is 1. The van der Waals surface area contributed by atoms with Crippen LogP contribution < -0.4 is 20.9 Å². The van der Waals surface area contributed by atoms with E-state index in [1.165, 1.54) is 18.2 Å². The number of anilines is 2. The molecule has 3 aromatic carbocycles. The number of alkyl halides is 3. The number of fused-ring (bicyclic) bond motifs is 1. The lowest BCUT2D eigenvalue weighted by molar-refractivity contribution is -0.137. The summed E-state index contributed by atoms with van der Waals surface area (Å²) in [7, 11) is 0. The third-order valence-electron chi connectivity index (χ3n) is 6.85. The summed E-state index contributed by atoms with van der Waals surface area (Å²) >= 11 is 0. The van der Waals surface area contributed by atoms with Gasteiger partial charge in [-0.1, -0.05) is 12.1 Å². The molecule has 0 radical (unpaired) electrons. The zero-order chi connectivity index (χ0) is 31.6. The Bertz CT molecular complexity index is 1810. The molecule has 0 saturated carbocycles. The Morgan fingerprint density at radius 3 is 2.45 bits per heavy atom. The smallest absolute Gasteiger partial charge is 0.416 e. The minimum absolute atomic E-state index is 0.140. The minimum atomic E-state index is -4.57. The molecular formula is C32H27F3N4O5. The number of hydroxylamine groups is 1. The number of aromatic nitrogens is 1. The molecule has 0 saturated heterocycles. The SMILES string of the molecule is CCONC(=O)c1c(C)[nH]c(/C=C2\C(=O)Nc3cc(Oc4cccc(NC(=O)c5cccc(C(F)(F)F)c5)c4)ccc32)c1C. The highest BCUT2D eigenvalue weighted by Crippen LogP contribution is 2.38. The summed E-state index contributed by atoms with van der Waals surface area (Å²) in [5.41, 5.74) is 5.51. The lowest BCUT2D eigenvalue weighted by Gasteiger charge is -2.11. The van der Waals surface area contributed by atoms with Crippen molar-refractivity contribution in [3.05, 3.63) is 106 Å². The molecule has 1 aromatic heterocycles. The molecule has 0 bridgehead atoms. The topological polar surface area (TPSA) is 122 Å². The normalized spacial score (nSPS) is 13.4. The average molecular weight is 605 g/mol. The standard InChI is InChI=1S/C32H27F3N4O5/c1-4-43-39-31(42)28-17(2)26(36-18(28)3)16-25-24-12-11-23(15-27(24)38-30(25)41)44-22-10-6-9-21(14-22)37-29(40)19-7-5-8-20(13-19)32(33,34)35/h5-16,36H,4H2,1-3H3,(H,37,40)(H,38,41)(H,39,42)/b25-16-. The Kier molecular flexibility index (Phi) is 8.28. The van der Waals surface area contributed by atoms with Gasteiger partial charge in [-0.25, -0.2) is 5.48 Å². The Hall–Kier alpha value is -5.36. The maximum atomic E-state index is 13.0. The number of aromatic amines is 1. The van der Waals surface area contributed by atoms with E-state index in [0.717, 1.165) is 12.1 Å². The van der Waals surface area contributed by atoms with Crippen molar-refractivity contribution in [2.75, 3.05) is 17.2 Å². The molecule has 4 aromatic rings. The molecule has 0 unspecified atom stereocenters. The largest absolute Gasteiger partial charge is 0.457 e. The quantitative estimate of drug-likeness (QED) is 0.129. The van der Waals surface area contributed by atoms with Crippen LogP contribution in [0.1, 0.15) is 55.7 Å². The molecule has 0 fully saturated rings. The van der Waals surface area contributed by atoms with Crippen molar-refractivity contribution in [1.29, 1.82) is 0 Å². The van der Waals surface area contributed by atoms with Gasteiger partial charge < -0.3 is 20.4 Å². The first-order valence-electron chi connectivity index (χ1n) is 13.5. The van der Waals surface area contributed by atoms with Gasteiger partial charge in [-0.2, -0.15) is 13.2 Å². The van der Waals surface area contributed by atoms with Gasteiger partial charge in [-0.05, 0) is 74.9 Å². The van der Waals surface area contributed by atoms with Crippen molar-refractivity contribution < 1.29 is 37.1 Å². The van der Waals surface area contributed by atoms with Gasteiger partial charge in [0.05, 0.1) is 29.0 Å². The number of hydrogen-bond acceptors (Lipinski definition) is 5. The summed E-state index contributed by atoms with van der Waals surface area (Å²) in [6.07, 6.45) is -2.89. The molecule has 226 valence electrons. The second-order valence-corrected chi connectivity index (χ2v) is 9.91. The first kappa shape index (κ1) is 30.1. The van der Waals surface area contributed by atoms with Gasteiger partial charge in [0.1, 0.15) is 11.5 Å². The van der Waals surface area contributed by atoms with E-state index in [2.05, 4.69) is 21.1 Å².